The summed E-state index contributed by atoms with van der Waals surface area (Å²) in [5.74, 6) is -2.21. The van der Waals surface area contributed by atoms with Crippen LogP contribution in [0, 0.1) is 5.92 Å². The van der Waals surface area contributed by atoms with Gasteiger partial charge in [0.15, 0.2) is 0 Å². The topological polar surface area (TPSA) is 63.6 Å². The molecule has 0 aliphatic heterocycles. The molecule has 2 aromatic carbocycles. The maximum atomic E-state index is 12.2. The lowest BCUT2D eigenvalue weighted by molar-refractivity contribution is -0.145. The molecule has 0 amide bonds. The summed E-state index contributed by atoms with van der Waals surface area (Å²) >= 11 is 0. The highest BCUT2D eigenvalue weighted by Crippen LogP contribution is 2.20. The van der Waals surface area contributed by atoms with Gasteiger partial charge in [-0.15, -0.1) is 0 Å². The Morgan fingerprint density at radius 1 is 1.00 bits per heavy atom. The van der Waals surface area contributed by atoms with E-state index in [0.717, 1.165) is 5.56 Å². The molecule has 4 nitrogen and oxygen atoms in total. The highest BCUT2D eigenvalue weighted by atomic mass is 16.5. The Morgan fingerprint density at radius 3 is 2.09 bits per heavy atom. The van der Waals surface area contributed by atoms with Crippen molar-refractivity contribution < 1.29 is 19.4 Å². The SMILES string of the molecule is CCC(OC(=O)c1ccccc1)C(Cc1ccccc1)C(=O)O. The summed E-state index contributed by atoms with van der Waals surface area (Å²) in [5, 5.41) is 9.53. The largest absolute Gasteiger partial charge is 0.481 e. The van der Waals surface area contributed by atoms with Crippen LogP contribution >= 0.6 is 0 Å². The highest BCUT2D eigenvalue weighted by molar-refractivity contribution is 5.89. The zero-order chi connectivity index (χ0) is 16.7. The lowest BCUT2D eigenvalue weighted by Gasteiger charge is -2.23. The van der Waals surface area contributed by atoms with Crippen LogP contribution in [0.4, 0.5) is 0 Å². The Labute approximate surface area is 135 Å². The number of rotatable bonds is 7. The molecule has 0 aliphatic rings. The van der Waals surface area contributed by atoms with E-state index >= 15 is 0 Å². The summed E-state index contributed by atoms with van der Waals surface area (Å²) < 4.78 is 5.46. The van der Waals surface area contributed by atoms with E-state index in [2.05, 4.69) is 0 Å². The molecule has 2 atom stereocenters. The van der Waals surface area contributed by atoms with Crippen molar-refractivity contribution in [2.75, 3.05) is 0 Å². The zero-order valence-electron chi connectivity index (χ0n) is 13.0. The van der Waals surface area contributed by atoms with Crippen LogP contribution in [0.3, 0.4) is 0 Å². The number of carbonyl (C=O) groups is 2. The van der Waals surface area contributed by atoms with Crippen LogP contribution in [-0.2, 0) is 16.0 Å². The van der Waals surface area contributed by atoms with E-state index in [1.165, 1.54) is 0 Å². The number of ether oxygens (including phenoxy) is 1. The Morgan fingerprint density at radius 2 is 1.57 bits per heavy atom. The molecule has 0 fully saturated rings. The van der Waals surface area contributed by atoms with Gasteiger partial charge in [-0.2, -0.15) is 0 Å². The van der Waals surface area contributed by atoms with E-state index in [1.807, 2.05) is 43.3 Å². The fourth-order valence-electron chi connectivity index (χ4n) is 2.48. The van der Waals surface area contributed by atoms with Gasteiger partial charge < -0.3 is 9.84 Å². The molecule has 0 spiro atoms. The van der Waals surface area contributed by atoms with Crippen LogP contribution in [0.1, 0.15) is 29.3 Å². The van der Waals surface area contributed by atoms with Gasteiger partial charge in [-0.05, 0) is 30.5 Å². The standard InChI is InChI=1S/C19H20O4/c1-2-17(23-19(22)15-11-7-4-8-12-15)16(18(20)21)13-14-9-5-3-6-10-14/h3-12,16-17H,2,13H2,1H3,(H,20,21). The normalized spacial score (nSPS) is 13.1. The molecule has 120 valence electrons. The second kappa shape index (κ2) is 8.13. The monoisotopic (exact) mass is 312 g/mol. The quantitative estimate of drug-likeness (QED) is 0.794. The third kappa shape index (κ3) is 4.68. The van der Waals surface area contributed by atoms with Gasteiger partial charge in [0.1, 0.15) is 6.10 Å². The zero-order valence-corrected chi connectivity index (χ0v) is 13.0. The molecule has 1 N–H and O–H groups in total. The maximum absolute atomic E-state index is 12.2. The van der Waals surface area contributed by atoms with Crippen LogP contribution in [0.25, 0.3) is 0 Å². The maximum Gasteiger partial charge on any atom is 0.338 e. The number of carboxylic acid groups (broad SMARTS) is 1. The number of aliphatic carboxylic acids is 1. The van der Waals surface area contributed by atoms with E-state index in [-0.39, 0.29) is 0 Å². The fourth-order valence-corrected chi connectivity index (χ4v) is 2.48. The summed E-state index contributed by atoms with van der Waals surface area (Å²) in [6.07, 6.45) is 0.111. The van der Waals surface area contributed by atoms with Crippen molar-refractivity contribution >= 4 is 11.9 Å². The Kier molecular flexibility index (Phi) is 5.92. The molecule has 0 radical (unpaired) electrons. The van der Waals surface area contributed by atoms with Crippen molar-refractivity contribution in [3.63, 3.8) is 0 Å². The van der Waals surface area contributed by atoms with E-state index < -0.39 is 24.0 Å². The van der Waals surface area contributed by atoms with Crippen LogP contribution in [0.5, 0.6) is 0 Å². The summed E-state index contributed by atoms with van der Waals surface area (Å²) in [4.78, 5) is 23.8. The summed E-state index contributed by atoms with van der Waals surface area (Å²) in [5.41, 5.74) is 1.34. The molecule has 0 aromatic heterocycles. The van der Waals surface area contributed by atoms with Gasteiger partial charge >= 0.3 is 11.9 Å². The Balaban J connectivity index is 2.12. The minimum Gasteiger partial charge on any atom is -0.481 e. The number of hydrogen-bond acceptors (Lipinski definition) is 3. The van der Waals surface area contributed by atoms with E-state index in [9.17, 15) is 14.7 Å². The van der Waals surface area contributed by atoms with Gasteiger partial charge in [0.05, 0.1) is 11.5 Å². The molecule has 2 aromatic rings. The minimum atomic E-state index is -0.957. The molecule has 23 heavy (non-hydrogen) atoms. The van der Waals surface area contributed by atoms with Gasteiger partial charge in [-0.25, -0.2) is 4.79 Å². The van der Waals surface area contributed by atoms with Crippen LogP contribution in [0.15, 0.2) is 60.7 Å². The van der Waals surface area contributed by atoms with Crippen molar-refractivity contribution in [1.82, 2.24) is 0 Å². The highest BCUT2D eigenvalue weighted by Gasteiger charge is 2.30. The summed E-state index contributed by atoms with van der Waals surface area (Å²) in [6, 6.07) is 18.0. The summed E-state index contributed by atoms with van der Waals surface area (Å²) in [6.45, 7) is 1.82. The average Bonchev–Trinajstić information content (AvgIpc) is 2.59. The smallest absolute Gasteiger partial charge is 0.338 e. The molecule has 0 saturated heterocycles. The van der Waals surface area contributed by atoms with Crippen molar-refractivity contribution in [3.05, 3.63) is 71.8 Å². The Hall–Kier alpha value is -2.62. The molecule has 0 saturated carbocycles. The molecular weight excluding hydrogens is 292 g/mol. The number of esters is 1. The van der Waals surface area contributed by atoms with Gasteiger partial charge in [-0.3, -0.25) is 4.79 Å². The van der Waals surface area contributed by atoms with Gasteiger partial charge in [0.25, 0.3) is 0 Å². The van der Waals surface area contributed by atoms with Crippen LogP contribution in [-0.4, -0.2) is 23.1 Å². The van der Waals surface area contributed by atoms with E-state index in [0.29, 0.717) is 18.4 Å². The molecule has 0 aliphatic carbocycles. The average molecular weight is 312 g/mol. The van der Waals surface area contributed by atoms with Gasteiger partial charge in [0, 0.05) is 0 Å². The van der Waals surface area contributed by atoms with Crippen molar-refractivity contribution in [3.8, 4) is 0 Å². The third-order valence-electron chi connectivity index (χ3n) is 3.73. The molecule has 0 bridgehead atoms. The van der Waals surface area contributed by atoms with E-state index in [1.54, 1.807) is 24.3 Å². The second-order valence-electron chi connectivity index (χ2n) is 5.35. The van der Waals surface area contributed by atoms with Crippen molar-refractivity contribution in [2.45, 2.75) is 25.9 Å². The van der Waals surface area contributed by atoms with E-state index in [4.69, 9.17) is 4.74 Å². The second-order valence-corrected chi connectivity index (χ2v) is 5.35. The summed E-state index contributed by atoms with van der Waals surface area (Å²) in [7, 11) is 0. The lowest BCUT2D eigenvalue weighted by atomic mass is 9.92. The predicted molar refractivity (Wildman–Crippen MR) is 87.2 cm³/mol. The molecule has 2 rings (SSSR count). The van der Waals surface area contributed by atoms with Gasteiger partial charge in [-0.1, -0.05) is 55.5 Å². The van der Waals surface area contributed by atoms with Crippen LogP contribution in [0.2, 0.25) is 0 Å². The number of benzene rings is 2. The van der Waals surface area contributed by atoms with Crippen LogP contribution < -0.4 is 0 Å². The number of carbonyl (C=O) groups excluding carboxylic acids is 1. The first-order chi connectivity index (χ1) is 11.1. The lowest BCUT2D eigenvalue weighted by Crippen LogP contribution is -2.33. The molecular formula is C19H20O4. The fraction of sp³-hybridized carbons (Fsp3) is 0.263. The van der Waals surface area contributed by atoms with Crippen molar-refractivity contribution in [2.24, 2.45) is 5.92 Å². The Bertz CT molecular complexity index is 637. The first-order valence-corrected chi connectivity index (χ1v) is 7.64. The predicted octanol–water partition coefficient (Wildman–Crippen LogP) is 3.57. The first-order valence-electron chi connectivity index (χ1n) is 7.64. The third-order valence-corrected chi connectivity index (χ3v) is 3.73. The molecule has 4 heteroatoms. The molecule has 0 heterocycles. The minimum absolute atomic E-state index is 0.330. The van der Waals surface area contributed by atoms with Crippen molar-refractivity contribution in [1.29, 1.82) is 0 Å². The number of hydrogen-bond donors (Lipinski definition) is 1. The molecule has 2 unspecified atom stereocenters. The van der Waals surface area contributed by atoms with Gasteiger partial charge in [0.2, 0.25) is 0 Å². The first kappa shape index (κ1) is 16.7. The number of carboxylic acids is 1.